The van der Waals surface area contributed by atoms with Crippen molar-refractivity contribution in [3.05, 3.63) is 0 Å². The lowest BCUT2D eigenvalue weighted by Gasteiger charge is -2.34. The molecule has 2 heteroatoms. The van der Waals surface area contributed by atoms with Crippen molar-refractivity contribution >= 4 is 0 Å². The van der Waals surface area contributed by atoms with Crippen molar-refractivity contribution in [1.82, 2.24) is 5.32 Å². The van der Waals surface area contributed by atoms with Crippen LogP contribution in [-0.2, 0) is 0 Å². The Bertz CT molecular complexity index is 137. The third-order valence-electron chi connectivity index (χ3n) is 3.08. The number of rotatable bonds is 4. The summed E-state index contributed by atoms with van der Waals surface area (Å²) < 4.78 is 0. The number of nitrogens with two attached hydrogens (primary N) is 1. The molecule has 1 rings (SSSR count). The Kier molecular flexibility index (Phi) is 4.20. The first-order chi connectivity index (χ1) is 6.12. The van der Waals surface area contributed by atoms with Crippen LogP contribution in [0.15, 0.2) is 0 Å². The van der Waals surface area contributed by atoms with Gasteiger partial charge in [0.25, 0.3) is 0 Å². The summed E-state index contributed by atoms with van der Waals surface area (Å²) in [6, 6.07) is 0.284. The minimum Gasteiger partial charge on any atom is -0.327 e. The van der Waals surface area contributed by atoms with Crippen LogP contribution in [-0.4, -0.2) is 19.1 Å². The van der Waals surface area contributed by atoms with Crippen LogP contribution in [0, 0.1) is 5.41 Å². The van der Waals surface area contributed by atoms with Crippen LogP contribution < -0.4 is 11.1 Å². The van der Waals surface area contributed by atoms with Gasteiger partial charge in [-0.1, -0.05) is 26.2 Å². The van der Waals surface area contributed by atoms with Gasteiger partial charge in [-0.25, -0.2) is 0 Å². The van der Waals surface area contributed by atoms with Gasteiger partial charge in [-0.3, -0.25) is 0 Å². The molecule has 0 heterocycles. The molecule has 0 spiro atoms. The molecule has 3 N–H and O–H groups in total. The standard InChI is InChI=1S/C11H24N2/c1-10(12)8-13-9-11(2)6-4-3-5-7-11/h10,13H,3-9,12H2,1-2H3. The summed E-state index contributed by atoms with van der Waals surface area (Å²) in [7, 11) is 0. The molecule has 1 aliphatic carbocycles. The van der Waals surface area contributed by atoms with Crippen LogP contribution in [0.25, 0.3) is 0 Å². The van der Waals surface area contributed by atoms with E-state index in [1.807, 2.05) is 0 Å². The Balaban J connectivity index is 2.17. The average molecular weight is 184 g/mol. The highest BCUT2D eigenvalue weighted by atomic mass is 14.9. The molecule has 78 valence electrons. The molecule has 1 unspecified atom stereocenters. The fourth-order valence-corrected chi connectivity index (χ4v) is 2.18. The first kappa shape index (κ1) is 11.0. The molecule has 1 saturated carbocycles. The van der Waals surface area contributed by atoms with Crippen LogP contribution in [0.4, 0.5) is 0 Å². The van der Waals surface area contributed by atoms with Gasteiger partial charge in [0.15, 0.2) is 0 Å². The Labute approximate surface area is 82.3 Å². The number of hydrogen-bond donors (Lipinski definition) is 2. The van der Waals surface area contributed by atoms with E-state index < -0.39 is 0 Å². The molecule has 13 heavy (non-hydrogen) atoms. The Morgan fingerprint density at radius 3 is 2.46 bits per heavy atom. The van der Waals surface area contributed by atoms with Crippen LogP contribution in [0.5, 0.6) is 0 Å². The predicted molar refractivity (Wildman–Crippen MR) is 57.7 cm³/mol. The largest absolute Gasteiger partial charge is 0.327 e. The van der Waals surface area contributed by atoms with Crippen LogP contribution in [0.2, 0.25) is 0 Å². The molecular weight excluding hydrogens is 160 g/mol. The lowest BCUT2D eigenvalue weighted by Crippen LogP contribution is -2.39. The van der Waals surface area contributed by atoms with Gasteiger partial charge in [0.1, 0.15) is 0 Å². The molecule has 1 atom stereocenters. The van der Waals surface area contributed by atoms with Crippen molar-refractivity contribution in [3.8, 4) is 0 Å². The molecule has 2 nitrogen and oxygen atoms in total. The van der Waals surface area contributed by atoms with E-state index in [4.69, 9.17) is 5.73 Å². The maximum atomic E-state index is 5.69. The smallest absolute Gasteiger partial charge is 0.0136 e. The van der Waals surface area contributed by atoms with Gasteiger partial charge >= 0.3 is 0 Å². The quantitative estimate of drug-likeness (QED) is 0.700. The molecule has 1 aliphatic rings. The summed E-state index contributed by atoms with van der Waals surface area (Å²) in [5, 5.41) is 3.47. The van der Waals surface area contributed by atoms with E-state index in [0.29, 0.717) is 5.41 Å². The van der Waals surface area contributed by atoms with Gasteiger partial charge in [-0.2, -0.15) is 0 Å². The number of nitrogens with one attached hydrogen (secondary N) is 1. The van der Waals surface area contributed by atoms with Gasteiger partial charge in [-0.15, -0.1) is 0 Å². The van der Waals surface area contributed by atoms with E-state index in [0.717, 1.165) is 13.1 Å². The van der Waals surface area contributed by atoms with E-state index in [9.17, 15) is 0 Å². The van der Waals surface area contributed by atoms with E-state index in [-0.39, 0.29) is 6.04 Å². The minimum atomic E-state index is 0.284. The zero-order valence-corrected chi connectivity index (χ0v) is 9.10. The second-order valence-electron chi connectivity index (χ2n) is 4.98. The molecule has 0 radical (unpaired) electrons. The van der Waals surface area contributed by atoms with Crippen molar-refractivity contribution in [1.29, 1.82) is 0 Å². The maximum Gasteiger partial charge on any atom is 0.0136 e. The van der Waals surface area contributed by atoms with Crippen LogP contribution in [0.3, 0.4) is 0 Å². The first-order valence-electron chi connectivity index (χ1n) is 5.59. The highest BCUT2D eigenvalue weighted by Crippen LogP contribution is 2.34. The van der Waals surface area contributed by atoms with Gasteiger partial charge in [0.2, 0.25) is 0 Å². The maximum absolute atomic E-state index is 5.69. The second-order valence-corrected chi connectivity index (χ2v) is 4.98. The number of hydrogen-bond acceptors (Lipinski definition) is 2. The first-order valence-corrected chi connectivity index (χ1v) is 5.59. The molecule has 0 aromatic rings. The van der Waals surface area contributed by atoms with Gasteiger partial charge in [-0.05, 0) is 25.2 Å². The SMILES string of the molecule is CC(N)CNCC1(C)CCCCC1. The van der Waals surface area contributed by atoms with Crippen molar-refractivity contribution < 1.29 is 0 Å². The summed E-state index contributed by atoms with van der Waals surface area (Å²) in [6.07, 6.45) is 7.04. The molecule has 0 bridgehead atoms. The average Bonchev–Trinajstić information content (AvgIpc) is 2.04. The minimum absolute atomic E-state index is 0.284. The highest BCUT2D eigenvalue weighted by molar-refractivity contribution is 4.80. The monoisotopic (exact) mass is 184 g/mol. The fourth-order valence-electron chi connectivity index (χ4n) is 2.18. The Morgan fingerprint density at radius 1 is 1.31 bits per heavy atom. The van der Waals surface area contributed by atoms with Gasteiger partial charge in [0, 0.05) is 19.1 Å². The third-order valence-corrected chi connectivity index (χ3v) is 3.08. The van der Waals surface area contributed by atoms with E-state index >= 15 is 0 Å². The summed E-state index contributed by atoms with van der Waals surface area (Å²) in [6.45, 7) is 6.56. The lowest BCUT2D eigenvalue weighted by atomic mass is 9.76. The fraction of sp³-hybridized carbons (Fsp3) is 1.00. The summed E-state index contributed by atoms with van der Waals surface area (Å²) in [4.78, 5) is 0. The van der Waals surface area contributed by atoms with E-state index in [1.165, 1.54) is 32.1 Å². The lowest BCUT2D eigenvalue weighted by molar-refractivity contribution is 0.207. The summed E-state index contributed by atoms with van der Waals surface area (Å²) in [5.41, 5.74) is 6.24. The molecule has 0 amide bonds. The van der Waals surface area contributed by atoms with Crippen LogP contribution >= 0.6 is 0 Å². The molecule has 1 fully saturated rings. The molecule has 0 aliphatic heterocycles. The van der Waals surface area contributed by atoms with Gasteiger partial charge < -0.3 is 11.1 Å². The molecule has 0 aromatic heterocycles. The van der Waals surface area contributed by atoms with Crippen LogP contribution in [0.1, 0.15) is 46.0 Å². The van der Waals surface area contributed by atoms with E-state index in [1.54, 1.807) is 0 Å². The second kappa shape index (κ2) is 4.97. The van der Waals surface area contributed by atoms with Gasteiger partial charge in [0.05, 0.1) is 0 Å². The topological polar surface area (TPSA) is 38.0 Å². The zero-order chi connectivity index (χ0) is 9.73. The highest BCUT2D eigenvalue weighted by Gasteiger charge is 2.25. The normalized spacial score (nSPS) is 24.2. The zero-order valence-electron chi connectivity index (χ0n) is 9.10. The van der Waals surface area contributed by atoms with Crippen molar-refractivity contribution in [2.45, 2.75) is 52.0 Å². The van der Waals surface area contributed by atoms with Crippen molar-refractivity contribution in [2.75, 3.05) is 13.1 Å². The van der Waals surface area contributed by atoms with Crippen molar-refractivity contribution in [3.63, 3.8) is 0 Å². The Hall–Kier alpha value is -0.0800. The molecule has 0 saturated heterocycles. The summed E-state index contributed by atoms with van der Waals surface area (Å²) >= 11 is 0. The predicted octanol–water partition coefficient (Wildman–Crippen LogP) is 1.89. The van der Waals surface area contributed by atoms with Crippen molar-refractivity contribution in [2.24, 2.45) is 11.1 Å². The third kappa shape index (κ3) is 4.10. The molecular formula is C11H24N2. The van der Waals surface area contributed by atoms with E-state index in [2.05, 4.69) is 19.2 Å². The molecule has 0 aromatic carbocycles. The Morgan fingerprint density at radius 2 is 1.92 bits per heavy atom. The summed E-state index contributed by atoms with van der Waals surface area (Å²) in [5.74, 6) is 0.